The molecule has 1 saturated carbocycles. The van der Waals surface area contributed by atoms with E-state index in [-0.39, 0.29) is 30.8 Å². The number of amides is 3. The first-order valence-corrected chi connectivity index (χ1v) is 11.3. The molecule has 1 aromatic rings. The second-order valence-corrected chi connectivity index (χ2v) is 8.46. The molecule has 1 fully saturated rings. The van der Waals surface area contributed by atoms with Crippen LogP contribution in [0.5, 0.6) is 5.75 Å². The number of ether oxygens (including phenoxy) is 1. The second-order valence-electron chi connectivity index (χ2n) is 8.46. The molecule has 1 heterocycles. The molecule has 8 nitrogen and oxygen atoms in total. The summed E-state index contributed by atoms with van der Waals surface area (Å²) < 4.78 is 5.96. The lowest BCUT2D eigenvalue weighted by molar-refractivity contribution is -0.129. The van der Waals surface area contributed by atoms with Gasteiger partial charge in [-0.15, -0.1) is 0 Å². The quantitative estimate of drug-likeness (QED) is 0.556. The van der Waals surface area contributed by atoms with E-state index in [0.717, 1.165) is 43.4 Å². The summed E-state index contributed by atoms with van der Waals surface area (Å²) in [6, 6.07) is 5.59. The van der Waals surface area contributed by atoms with E-state index in [2.05, 4.69) is 34.3 Å². The molecule has 0 aromatic heterocycles. The van der Waals surface area contributed by atoms with Crippen LogP contribution in [0.2, 0.25) is 0 Å². The van der Waals surface area contributed by atoms with Crippen molar-refractivity contribution < 1.29 is 19.1 Å². The fraction of sp³-hybridized carbons (Fsp3) is 0.609. The molecule has 1 aliphatic heterocycles. The van der Waals surface area contributed by atoms with Crippen LogP contribution < -0.4 is 26.0 Å². The van der Waals surface area contributed by atoms with Gasteiger partial charge in [-0.3, -0.25) is 14.4 Å². The van der Waals surface area contributed by atoms with E-state index in [0.29, 0.717) is 32.0 Å². The molecule has 2 aliphatic rings. The molecule has 8 heteroatoms. The van der Waals surface area contributed by atoms with Gasteiger partial charge in [0.15, 0.2) is 0 Å². The summed E-state index contributed by atoms with van der Waals surface area (Å²) in [5.41, 5.74) is 2.30. The van der Waals surface area contributed by atoms with E-state index in [9.17, 15) is 14.4 Å². The normalized spacial score (nSPS) is 22.5. The highest BCUT2D eigenvalue weighted by atomic mass is 16.5. The van der Waals surface area contributed by atoms with Crippen molar-refractivity contribution >= 4 is 17.7 Å². The molecule has 1 unspecified atom stereocenters. The second kappa shape index (κ2) is 11.7. The van der Waals surface area contributed by atoms with Crippen LogP contribution in [0.3, 0.4) is 0 Å². The minimum atomic E-state index is -0.560. The van der Waals surface area contributed by atoms with Gasteiger partial charge in [0.1, 0.15) is 11.8 Å². The number of fused-ring (bicyclic) bond motifs is 1. The van der Waals surface area contributed by atoms with Crippen molar-refractivity contribution in [2.45, 2.75) is 51.5 Å². The van der Waals surface area contributed by atoms with Crippen LogP contribution >= 0.6 is 0 Å². The Labute approximate surface area is 183 Å². The topological polar surface area (TPSA) is 109 Å². The molecule has 1 aromatic carbocycles. The summed E-state index contributed by atoms with van der Waals surface area (Å²) in [7, 11) is 0. The van der Waals surface area contributed by atoms with Crippen LogP contribution in [0, 0.1) is 12.8 Å². The van der Waals surface area contributed by atoms with Crippen LogP contribution in [0.1, 0.15) is 43.2 Å². The summed E-state index contributed by atoms with van der Waals surface area (Å²) in [6.07, 6.45) is 5.18. The van der Waals surface area contributed by atoms with Gasteiger partial charge in [-0.05, 0) is 56.7 Å². The van der Waals surface area contributed by atoms with Gasteiger partial charge in [0.05, 0.1) is 19.7 Å². The lowest BCUT2D eigenvalue weighted by atomic mass is 10.1. The number of carbonyl (C=O) groups excluding carboxylic acids is 3. The monoisotopic (exact) mass is 430 g/mol. The Hall–Kier alpha value is -2.61. The van der Waals surface area contributed by atoms with Gasteiger partial charge in [-0.2, -0.15) is 0 Å². The van der Waals surface area contributed by atoms with Crippen molar-refractivity contribution in [1.29, 1.82) is 0 Å². The first-order chi connectivity index (χ1) is 15.0. The lowest BCUT2D eigenvalue weighted by Gasteiger charge is -2.19. The number of benzene rings is 1. The molecule has 4 N–H and O–H groups in total. The van der Waals surface area contributed by atoms with Gasteiger partial charge < -0.3 is 26.0 Å². The van der Waals surface area contributed by atoms with E-state index in [1.54, 1.807) is 0 Å². The number of hydrogen-bond donors (Lipinski definition) is 4. The summed E-state index contributed by atoms with van der Waals surface area (Å²) >= 11 is 0. The third kappa shape index (κ3) is 8.20. The molecule has 3 rings (SSSR count). The molecule has 31 heavy (non-hydrogen) atoms. The summed E-state index contributed by atoms with van der Waals surface area (Å²) in [4.78, 5) is 36.9. The van der Waals surface area contributed by atoms with E-state index in [4.69, 9.17) is 4.74 Å². The third-order valence-electron chi connectivity index (χ3n) is 5.54. The number of hydrogen-bond acceptors (Lipinski definition) is 5. The standard InChI is InChI=1S/C23H34N4O4/c1-16-5-8-20-18(12-16)4-2-10-25-23(30)19(13-17-6-7-17)27-22(29)15-26-21(28)14-24-9-3-11-31-20/h5,8,12,17,19,24H,2-4,6-7,9-11,13-15H2,1H3,(H,25,30)(H,26,28)(H,27,29). The highest BCUT2D eigenvalue weighted by Gasteiger charge is 2.30. The van der Waals surface area contributed by atoms with Crippen LogP contribution in [0.25, 0.3) is 0 Å². The summed E-state index contributed by atoms with van der Waals surface area (Å²) in [6.45, 7) is 3.78. The SMILES string of the molecule is Cc1ccc2c(c1)CCCNC(=O)C(CC1CC1)NC(=O)CNC(=O)CNCCCO2. The lowest BCUT2D eigenvalue weighted by Crippen LogP contribution is -2.50. The minimum absolute atomic E-state index is 0.132. The van der Waals surface area contributed by atoms with Crippen molar-refractivity contribution in [3.8, 4) is 5.75 Å². The van der Waals surface area contributed by atoms with Gasteiger partial charge in [0.2, 0.25) is 17.7 Å². The zero-order valence-corrected chi connectivity index (χ0v) is 18.3. The van der Waals surface area contributed by atoms with Crippen LogP contribution in [-0.2, 0) is 20.8 Å². The number of aryl methyl sites for hydroxylation is 2. The summed E-state index contributed by atoms with van der Waals surface area (Å²) in [5.74, 6) is 0.602. The fourth-order valence-electron chi connectivity index (χ4n) is 3.64. The van der Waals surface area contributed by atoms with E-state index < -0.39 is 6.04 Å². The highest BCUT2D eigenvalue weighted by molar-refractivity contribution is 5.90. The molecule has 1 atom stereocenters. The Bertz CT molecular complexity index is 779. The Morgan fingerprint density at radius 3 is 2.65 bits per heavy atom. The van der Waals surface area contributed by atoms with E-state index in [1.165, 1.54) is 5.56 Å². The predicted octanol–water partition coefficient (Wildman–Crippen LogP) is 0.817. The zero-order valence-electron chi connectivity index (χ0n) is 18.3. The Morgan fingerprint density at radius 2 is 1.84 bits per heavy atom. The number of carbonyl (C=O) groups is 3. The Kier molecular flexibility index (Phi) is 8.70. The molecule has 170 valence electrons. The van der Waals surface area contributed by atoms with Crippen molar-refractivity contribution in [3.05, 3.63) is 29.3 Å². The molecule has 0 bridgehead atoms. The van der Waals surface area contributed by atoms with Crippen molar-refractivity contribution in [2.75, 3.05) is 32.8 Å². The fourth-order valence-corrected chi connectivity index (χ4v) is 3.64. The molecule has 0 saturated heterocycles. The average molecular weight is 431 g/mol. The van der Waals surface area contributed by atoms with Gasteiger partial charge in [0, 0.05) is 6.54 Å². The van der Waals surface area contributed by atoms with Crippen LogP contribution in [-0.4, -0.2) is 56.5 Å². The Balaban J connectivity index is 1.63. The van der Waals surface area contributed by atoms with Crippen molar-refractivity contribution in [2.24, 2.45) is 5.92 Å². The maximum absolute atomic E-state index is 12.7. The number of nitrogens with one attached hydrogen (secondary N) is 4. The average Bonchev–Trinajstić information content (AvgIpc) is 3.56. The molecule has 0 spiro atoms. The van der Waals surface area contributed by atoms with Crippen molar-refractivity contribution in [3.63, 3.8) is 0 Å². The molecule has 0 radical (unpaired) electrons. The smallest absolute Gasteiger partial charge is 0.242 e. The molecule has 3 amide bonds. The van der Waals surface area contributed by atoms with Crippen molar-refractivity contribution in [1.82, 2.24) is 21.3 Å². The van der Waals surface area contributed by atoms with Crippen LogP contribution in [0.15, 0.2) is 18.2 Å². The molecular weight excluding hydrogens is 396 g/mol. The number of rotatable bonds is 2. The third-order valence-corrected chi connectivity index (χ3v) is 5.54. The minimum Gasteiger partial charge on any atom is -0.493 e. The van der Waals surface area contributed by atoms with Gasteiger partial charge in [-0.1, -0.05) is 30.5 Å². The van der Waals surface area contributed by atoms with Gasteiger partial charge in [0.25, 0.3) is 0 Å². The van der Waals surface area contributed by atoms with E-state index >= 15 is 0 Å². The molecular formula is C23H34N4O4. The zero-order chi connectivity index (χ0) is 22.1. The molecule has 1 aliphatic carbocycles. The van der Waals surface area contributed by atoms with Crippen LogP contribution in [0.4, 0.5) is 0 Å². The van der Waals surface area contributed by atoms with Gasteiger partial charge in [-0.25, -0.2) is 0 Å². The first kappa shape index (κ1) is 23.1. The predicted molar refractivity (Wildman–Crippen MR) is 118 cm³/mol. The summed E-state index contributed by atoms with van der Waals surface area (Å²) in [5, 5.41) is 11.4. The van der Waals surface area contributed by atoms with E-state index in [1.807, 2.05) is 12.1 Å². The Morgan fingerprint density at radius 1 is 1.00 bits per heavy atom. The van der Waals surface area contributed by atoms with Gasteiger partial charge >= 0.3 is 0 Å². The maximum atomic E-state index is 12.7. The maximum Gasteiger partial charge on any atom is 0.242 e. The largest absolute Gasteiger partial charge is 0.493 e. The first-order valence-electron chi connectivity index (χ1n) is 11.3. The highest BCUT2D eigenvalue weighted by Crippen LogP contribution is 2.33.